The number of hydrogen-bond acceptors (Lipinski definition) is 6. The molecule has 8 heteroatoms. The van der Waals surface area contributed by atoms with Gasteiger partial charge in [-0.25, -0.2) is 9.97 Å². The first-order valence-electron chi connectivity index (χ1n) is 10.6. The lowest BCUT2D eigenvalue weighted by molar-refractivity contribution is -0.125. The highest BCUT2D eigenvalue weighted by Crippen LogP contribution is 2.44. The van der Waals surface area contributed by atoms with E-state index in [0.29, 0.717) is 13.1 Å². The number of methoxy groups -OCH3 is 1. The highest BCUT2D eigenvalue weighted by molar-refractivity contribution is 7.22. The van der Waals surface area contributed by atoms with E-state index in [1.54, 1.807) is 24.8 Å². The molecule has 1 N–H and O–H groups in total. The van der Waals surface area contributed by atoms with Crippen LogP contribution in [0.15, 0.2) is 43.4 Å². The lowest BCUT2D eigenvalue weighted by atomic mass is 10.1. The van der Waals surface area contributed by atoms with Crippen molar-refractivity contribution in [3.05, 3.63) is 48.9 Å². The molecule has 32 heavy (non-hydrogen) atoms. The third kappa shape index (κ3) is 3.22. The number of nitrogens with zero attached hydrogens (tertiary/aromatic N) is 4. The third-order valence-corrected chi connectivity index (χ3v) is 7.30. The van der Waals surface area contributed by atoms with Crippen LogP contribution in [0, 0.1) is 6.92 Å². The number of thiophene rings is 1. The number of carbonyl (C=O) groups is 1. The van der Waals surface area contributed by atoms with Gasteiger partial charge in [0.05, 0.1) is 23.2 Å². The number of benzene rings is 1. The van der Waals surface area contributed by atoms with Gasteiger partial charge in [-0.1, -0.05) is 12.6 Å². The Labute approximate surface area is 190 Å². The Morgan fingerprint density at radius 2 is 2.19 bits per heavy atom. The fraction of sp³-hybridized carbons (Fsp3) is 0.292. The van der Waals surface area contributed by atoms with Gasteiger partial charge in [0.15, 0.2) is 0 Å². The number of ether oxygens (including phenoxy) is 1. The van der Waals surface area contributed by atoms with Gasteiger partial charge in [-0.15, -0.1) is 11.3 Å². The summed E-state index contributed by atoms with van der Waals surface area (Å²) in [6.45, 7) is 7.06. The monoisotopic (exact) mass is 447 g/mol. The number of anilines is 1. The Balaban J connectivity index is 1.68. The van der Waals surface area contributed by atoms with Gasteiger partial charge in [-0.05, 0) is 42.5 Å². The Kier molecular flexibility index (Phi) is 5.09. The summed E-state index contributed by atoms with van der Waals surface area (Å²) in [6.07, 6.45) is 6.01. The van der Waals surface area contributed by atoms with Crippen LogP contribution in [0.5, 0.6) is 5.75 Å². The molecular weight excluding hydrogens is 422 g/mol. The van der Waals surface area contributed by atoms with Crippen molar-refractivity contribution in [3.8, 4) is 16.2 Å². The second-order valence-corrected chi connectivity index (χ2v) is 9.10. The molecule has 3 aromatic heterocycles. The zero-order valence-electron chi connectivity index (χ0n) is 18.4. The van der Waals surface area contributed by atoms with Crippen LogP contribution < -0.4 is 10.1 Å². The van der Waals surface area contributed by atoms with Crippen molar-refractivity contribution in [3.63, 3.8) is 0 Å². The van der Waals surface area contributed by atoms with Crippen LogP contribution in [0.2, 0.25) is 0 Å². The number of nitrogens with one attached hydrogen (secondary N) is 1. The van der Waals surface area contributed by atoms with Crippen LogP contribution in [-0.2, 0) is 4.79 Å². The van der Waals surface area contributed by atoms with Gasteiger partial charge in [0, 0.05) is 36.8 Å². The molecule has 1 atom stereocenters. The molecule has 0 aliphatic carbocycles. The van der Waals surface area contributed by atoms with E-state index >= 15 is 0 Å². The third-order valence-electron chi connectivity index (χ3n) is 6.10. The molecule has 0 bridgehead atoms. The van der Waals surface area contributed by atoms with E-state index in [2.05, 4.69) is 57.8 Å². The molecule has 1 unspecified atom stereocenters. The average molecular weight is 448 g/mol. The zero-order valence-corrected chi connectivity index (χ0v) is 19.2. The number of rotatable bonds is 5. The van der Waals surface area contributed by atoms with E-state index in [1.807, 2.05) is 11.9 Å². The summed E-state index contributed by atoms with van der Waals surface area (Å²) in [7, 11) is 3.59. The summed E-state index contributed by atoms with van der Waals surface area (Å²) in [6, 6.07) is 6.62. The summed E-state index contributed by atoms with van der Waals surface area (Å²) < 4.78 is 8.97. The molecule has 1 saturated heterocycles. The molecule has 5 rings (SSSR count). The molecule has 7 nitrogen and oxygen atoms in total. The first-order chi connectivity index (χ1) is 15.5. The second-order valence-electron chi connectivity index (χ2n) is 8.05. The number of aryl methyl sites for hydroxylation is 1. The summed E-state index contributed by atoms with van der Waals surface area (Å²) in [5.41, 5.74) is 3.12. The van der Waals surface area contributed by atoms with Gasteiger partial charge in [-0.2, -0.15) is 0 Å². The summed E-state index contributed by atoms with van der Waals surface area (Å²) >= 11 is 1.71. The minimum atomic E-state index is -0.0262. The minimum Gasteiger partial charge on any atom is -0.495 e. The number of fused-ring (bicyclic) bond motifs is 2. The molecular formula is C24H25N5O2S. The van der Waals surface area contributed by atoms with Crippen molar-refractivity contribution >= 4 is 44.2 Å². The first kappa shape index (κ1) is 20.5. The van der Waals surface area contributed by atoms with Crippen molar-refractivity contribution < 1.29 is 9.53 Å². The van der Waals surface area contributed by atoms with Gasteiger partial charge in [0.1, 0.15) is 23.5 Å². The van der Waals surface area contributed by atoms with Crippen LogP contribution >= 0.6 is 11.3 Å². The van der Waals surface area contributed by atoms with Gasteiger partial charge < -0.3 is 19.5 Å². The van der Waals surface area contributed by atoms with Gasteiger partial charge in [-0.3, -0.25) is 4.79 Å². The standard InChI is InChI=1S/C24H25N5O2S/c1-5-20(30)28-7-6-16(11-28)29-12-17(21-23(25-3)26-13-27-24(21)29)19-10-15-8-14(2)9-18(31-4)22(15)32-19/h5,8-10,12-13,16H,1,6-7,11H2,2-4H3,(H,25,26,27). The Morgan fingerprint density at radius 1 is 1.34 bits per heavy atom. The summed E-state index contributed by atoms with van der Waals surface area (Å²) in [5, 5.41) is 5.38. The smallest absolute Gasteiger partial charge is 0.246 e. The molecule has 1 amide bonds. The van der Waals surface area contributed by atoms with Crippen LogP contribution in [0.4, 0.5) is 5.82 Å². The van der Waals surface area contributed by atoms with E-state index in [-0.39, 0.29) is 11.9 Å². The van der Waals surface area contributed by atoms with Crippen LogP contribution in [0.1, 0.15) is 18.0 Å². The van der Waals surface area contributed by atoms with E-state index in [9.17, 15) is 4.79 Å². The minimum absolute atomic E-state index is 0.0262. The van der Waals surface area contributed by atoms with E-state index in [1.165, 1.54) is 11.6 Å². The number of likely N-dealkylation sites (tertiary alicyclic amines) is 1. The van der Waals surface area contributed by atoms with Gasteiger partial charge >= 0.3 is 0 Å². The van der Waals surface area contributed by atoms with Crippen LogP contribution in [0.25, 0.3) is 31.6 Å². The fourth-order valence-corrected chi connectivity index (χ4v) is 5.74. The van der Waals surface area contributed by atoms with E-state index in [0.717, 1.165) is 49.5 Å². The lowest BCUT2D eigenvalue weighted by Crippen LogP contribution is -2.27. The average Bonchev–Trinajstić information content (AvgIpc) is 3.53. The van der Waals surface area contributed by atoms with Crippen molar-refractivity contribution in [1.29, 1.82) is 0 Å². The maximum Gasteiger partial charge on any atom is 0.246 e. The molecule has 0 spiro atoms. The number of carbonyl (C=O) groups excluding carboxylic acids is 1. The quantitative estimate of drug-likeness (QED) is 0.452. The number of hydrogen-bond donors (Lipinski definition) is 1. The fourth-order valence-electron chi connectivity index (χ4n) is 4.59. The van der Waals surface area contributed by atoms with Crippen molar-refractivity contribution in [1.82, 2.24) is 19.4 Å². The zero-order chi connectivity index (χ0) is 22.4. The Morgan fingerprint density at radius 3 is 2.94 bits per heavy atom. The largest absolute Gasteiger partial charge is 0.495 e. The van der Waals surface area contributed by atoms with Crippen LogP contribution in [-0.4, -0.2) is 52.6 Å². The topological polar surface area (TPSA) is 72.3 Å². The molecule has 0 radical (unpaired) electrons. The predicted octanol–water partition coefficient (Wildman–Crippen LogP) is 4.63. The van der Waals surface area contributed by atoms with Gasteiger partial charge in [0.25, 0.3) is 0 Å². The van der Waals surface area contributed by atoms with Gasteiger partial charge in [0.2, 0.25) is 5.91 Å². The predicted molar refractivity (Wildman–Crippen MR) is 130 cm³/mol. The maximum absolute atomic E-state index is 12.1. The highest BCUT2D eigenvalue weighted by atomic mass is 32.1. The van der Waals surface area contributed by atoms with Crippen molar-refractivity contribution in [2.45, 2.75) is 19.4 Å². The lowest BCUT2D eigenvalue weighted by Gasteiger charge is -2.16. The highest BCUT2D eigenvalue weighted by Gasteiger charge is 2.29. The molecule has 1 aliphatic rings. The van der Waals surface area contributed by atoms with Crippen molar-refractivity contribution in [2.75, 3.05) is 32.6 Å². The summed E-state index contributed by atoms with van der Waals surface area (Å²) in [5.74, 6) is 1.66. The molecule has 1 aromatic carbocycles. The SMILES string of the molecule is C=CC(=O)N1CCC(n2cc(-c3cc4cc(C)cc(OC)c4s3)c3c(NC)ncnc32)C1. The maximum atomic E-state index is 12.1. The normalized spacial score (nSPS) is 16.1. The molecule has 4 aromatic rings. The van der Waals surface area contributed by atoms with Crippen LogP contribution in [0.3, 0.4) is 0 Å². The Hall–Kier alpha value is -3.39. The summed E-state index contributed by atoms with van der Waals surface area (Å²) in [4.78, 5) is 24.2. The molecule has 1 aliphatic heterocycles. The van der Waals surface area contributed by atoms with E-state index < -0.39 is 0 Å². The number of amides is 1. The number of aromatic nitrogens is 3. The van der Waals surface area contributed by atoms with Crippen molar-refractivity contribution in [2.24, 2.45) is 0 Å². The molecule has 1 fully saturated rings. The molecule has 164 valence electrons. The van der Waals surface area contributed by atoms with E-state index in [4.69, 9.17) is 4.74 Å². The Bertz CT molecular complexity index is 1360. The first-order valence-corrected chi connectivity index (χ1v) is 11.4. The molecule has 0 saturated carbocycles. The second kappa shape index (κ2) is 7.94. The molecule has 4 heterocycles.